The van der Waals surface area contributed by atoms with Gasteiger partial charge >= 0.3 is 0 Å². The lowest BCUT2D eigenvalue weighted by molar-refractivity contribution is -0.111. The largest absolute Gasteiger partial charge is 0.507 e. The highest BCUT2D eigenvalue weighted by Crippen LogP contribution is 2.30. The van der Waals surface area contributed by atoms with Crippen molar-refractivity contribution in [3.05, 3.63) is 51.5 Å². The van der Waals surface area contributed by atoms with Crippen LogP contribution in [0.5, 0.6) is 0 Å². The predicted octanol–water partition coefficient (Wildman–Crippen LogP) is 3.66. The number of benzene rings is 1. The first-order valence-electron chi connectivity index (χ1n) is 5.92. The monoisotopic (exact) mass is 320 g/mol. The molecule has 98 valence electrons. The van der Waals surface area contributed by atoms with Crippen LogP contribution < -0.4 is 0 Å². The summed E-state index contributed by atoms with van der Waals surface area (Å²) < 4.78 is 0.759. The van der Waals surface area contributed by atoms with E-state index in [0.29, 0.717) is 5.56 Å². The van der Waals surface area contributed by atoms with Crippen molar-refractivity contribution < 1.29 is 14.7 Å². The molecule has 0 aliphatic heterocycles. The maximum Gasteiger partial charge on any atom is 0.237 e. The standard InChI is InChI=1S/C15H13BrO3/c1-8(2)12(16)7-11-13(17)9-5-3-4-6-10(9)14(18)15(11)19/h3-8,17H,1-2H3/b12-7+. The van der Waals surface area contributed by atoms with Crippen LogP contribution in [0.2, 0.25) is 0 Å². The Morgan fingerprint density at radius 3 is 2.32 bits per heavy atom. The van der Waals surface area contributed by atoms with Crippen molar-refractivity contribution in [2.45, 2.75) is 13.8 Å². The molecule has 1 aromatic rings. The molecule has 0 bridgehead atoms. The van der Waals surface area contributed by atoms with Crippen molar-refractivity contribution in [3.8, 4) is 0 Å². The number of carbonyl (C=O) groups is 2. The van der Waals surface area contributed by atoms with E-state index in [1.165, 1.54) is 6.08 Å². The van der Waals surface area contributed by atoms with E-state index in [0.717, 1.165) is 4.48 Å². The summed E-state index contributed by atoms with van der Waals surface area (Å²) in [6.07, 6.45) is 1.52. The minimum Gasteiger partial charge on any atom is -0.507 e. The summed E-state index contributed by atoms with van der Waals surface area (Å²) >= 11 is 3.34. The summed E-state index contributed by atoms with van der Waals surface area (Å²) in [5, 5.41) is 10.2. The van der Waals surface area contributed by atoms with Crippen LogP contribution in [0, 0.1) is 5.92 Å². The fourth-order valence-corrected chi connectivity index (χ4v) is 2.05. The van der Waals surface area contributed by atoms with Crippen molar-refractivity contribution in [1.82, 2.24) is 0 Å². The predicted molar refractivity (Wildman–Crippen MR) is 77.2 cm³/mol. The van der Waals surface area contributed by atoms with Crippen LogP contribution in [0.25, 0.3) is 5.76 Å². The number of carbonyl (C=O) groups excluding carboxylic acids is 2. The molecule has 3 nitrogen and oxygen atoms in total. The van der Waals surface area contributed by atoms with E-state index in [2.05, 4.69) is 15.9 Å². The minimum absolute atomic E-state index is 0.0456. The Morgan fingerprint density at radius 1 is 1.16 bits per heavy atom. The van der Waals surface area contributed by atoms with E-state index in [1.807, 2.05) is 13.8 Å². The minimum atomic E-state index is -0.672. The van der Waals surface area contributed by atoms with Crippen LogP contribution in [0.4, 0.5) is 0 Å². The van der Waals surface area contributed by atoms with E-state index in [-0.39, 0.29) is 22.8 Å². The maximum atomic E-state index is 12.0. The average molecular weight is 321 g/mol. The fraction of sp³-hybridized carbons (Fsp3) is 0.200. The van der Waals surface area contributed by atoms with Gasteiger partial charge in [-0.2, -0.15) is 0 Å². The van der Waals surface area contributed by atoms with Crippen molar-refractivity contribution >= 4 is 33.3 Å². The molecule has 0 saturated heterocycles. The first-order chi connectivity index (χ1) is 8.93. The Kier molecular flexibility index (Phi) is 3.71. The smallest absolute Gasteiger partial charge is 0.237 e. The first-order valence-corrected chi connectivity index (χ1v) is 6.71. The third-order valence-electron chi connectivity index (χ3n) is 2.97. The Balaban J connectivity index is 2.64. The zero-order chi connectivity index (χ0) is 14.2. The van der Waals surface area contributed by atoms with Gasteiger partial charge in [0.2, 0.25) is 11.6 Å². The van der Waals surface area contributed by atoms with Crippen molar-refractivity contribution in [2.24, 2.45) is 5.92 Å². The number of hydrogen-bond acceptors (Lipinski definition) is 3. The number of rotatable bonds is 2. The highest BCUT2D eigenvalue weighted by atomic mass is 79.9. The van der Waals surface area contributed by atoms with Gasteiger partial charge in [-0.15, -0.1) is 0 Å². The number of fused-ring (bicyclic) bond motifs is 1. The molecule has 0 spiro atoms. The third-order valence-corrected chi connectivity index (χ3v) is 4.11. The number of aliphatic hydroxyl groups is 1. The van der Waals surface area contributed by atoms with E-state index >= 15 is 0 Å². The van der Waals surface area contributed by atoms with Crippen molar-refractivity contribution in [3.63, 3.8) is 0 Å². The Labute approximate surface area is 119 Å². The van der Waals surface area contributed by atoms with Gasteiger partial charge < -0.3 is 5.11 Å². The second kappa shape index (κ2) is 5.13. The Bertz CT molecular complexity index is 624. The number of Topliss-reactive ketones (excluding diaryl/α,β-unsaturated/α-hetero) is 2. The molecule has 4 heteroatoms. The van der Waals surface area contributed by atoms with Gasteiger partial charge in [-0.05, 0) is 16.5 Å². The molecule has 19 heavy (non-hydrogen) atoms. The molecule has 1 aliphatic carbocycles. The molecule has 1 aliphatic rings. The molecule has 0 atom stereocenters. The zero-order valence-electron chi connectivity index (χ0n) is 10.6. The summed E-state index contributed by atoms with van der Waals surface area (Å²) in [6.45, 7) is 3.89. The molecule has 1 N–H and O–H groups in total. The lowest BCUT2D eigenvalue weighted by atomic mass is 9.88. The van der Waals surface area contributed by atoms with Gasteiger partial charge in [-0.1, -0.05) is 54.0 Å². The Morgan fingerprint density at radius 2 is 1.74 bits per heavy atom. The highest BCUT2D eigenvalue weighted by Gasteiger charge is 2.31. The topological polar surface area (TPSA) is 54.4 Å². The highest BCUT2D eigenvalue weighted by molar-refractivity contribution is 9.11. The third kappa shape index (κ3) is 2.40. The molecular formula is C15H13BrO3. The van der Waals surface area contributed by atoms with Crippen LogP contribution >= 0.6 is 15.9 Å². The lowest BCUT2D eigenvalue weighted by Crippen LogP contribution is -2.23. The number of hydrogen-bond donors (Lipinski definition) is 1. The van der Waals surface area contributed by atoms with Gasteiger partial charge in [0.1, 0.15) is 5.76 Å². The van der Waals surface area contributed by atoms with E-state index < -0.39 is 11.6 Å². The van der Waals surface area contributed by atoms with Gasteiger partial charge in [0, 0.05) is 11.1 Å². The molecule has 0 unspecified atom stereocenters. The van der Waals surface area contributed by atoms with Gasteiger partial charge in [0.15, 0.2) is 0 Å². The zero-order valence-corrected chi connectivity index (χ0v) is 12.2. The van der Waals surface area contributed by atoms with Crippen LogP contribution in [-0.4, -0.2) is 16.7 Å². The summed E-state index contributed by atoms with van der Waals surface area (Å²) in [5.41, 5.74) is 0.703. The summed E-state index contributed by atoms with van der Waals surface area (Å²) in [7, 11) is 0. The van der Waals surface area contributed by atoms with E-state index in [4.69, 9.17) is 0 Å². The molecular weight excluding hydrogens is 308 g/mol. The molecule has 2 rings (SSSR count). The van der Waals surface area contributed by atoms with Crippen LogP contribution in [-0.2, 0) is 4.79 Å². The lowest BCUT2D eigenvalue weighted by Gasteiger charge is -2.16. The summed E-state index contributed by atoms with van der Waals surface area (Å²) in [4.78, 5) is 24.0. The number of allylic oxidation sites excluding steroid dienone is 3. The summed E-state index contributed by atoms with van der Waals surface area (Å²) in [6, 6.07) is 6.56. The molecule has 0 amide bonds. The van der Waals surface area contributed by atoms with Crippen molar-refractivity contribution in [1.29, 1.82) is 0 Å². The number of aliphatic hydroxyl groups excluding tert-OH is 1. The van der Waals surface area contributed by atoms with Gasteiger partial charge in [-0.3, -0.25) is 9.59 Å². The molecule has 0 aromatic heterocycles. The van der Waals surface area contributed by atoms with Gasteiger partial charge in [-0.25, -0.2) is 0 Å². The fourth-order valence-electron chi connectivity index (χ4n) is 1.82. The van der Waals surface area contributed by atoms with Crippen molar-refractivity contribution in [2.75, 3.05) is 0 Å². The first kappa shape index (κ1) is 13.7. The molecule has 0 radical (unpaired) electrons. The van der Waals surface area contributed by atoms with Gasteiger partial charge in [0.25, 0.3) is 0 Å². The van der Waals surface area contributed by atoms with Crippen LogP contribution in [0.3, 0.4) is 0 Å². The summed E-state index contributed by atoms with van der Waals surface area (Å²) in [5.74, 6) is -1.23. The second-order valence-electron chi connectivity index (χ2n) is 4.65. The SMILES string of the molecule is CC(C)/C(Br)=C\C1=C(O)c2ccccc2C(=O)C1=O. The second-order valence-corrected chi connectivity index (χ2v) is 5.57. The maximum absolute atomic E-state index is 12.0. The van der Waals surface area contributed by atoms with E-state index in [9.17, 15) is 14.7 Å². The average Bonchev–Trinajstić information content (AvgIpc) is 2.40. The van der Waals surface area contributed by atoms with Gasteiger partial charge in [0.05, 0.1) is 5.57 Å². The number of halogens is 1. The Hall–Kier alpha value is -1.68. The van der Waals surface area contributed by atoms with Crippen LogP contribution in [0.1, 0.15) is 29.8 Å². The normalized spacial score (nSPS) is 16.1. The molecule has 0 fully saturated rings. The molecule has 0 heterocycles. The van der Waals surface area contributed by atoms with E-state index in [1.54, 1.807) is 24.3 Å². The molecule has 1 aromatic carbocycles. The number of ketones is 2. The van der Waals surface area contributed by atoms with Crippen LogP contribution in [0.15, 0.2) is 40.4 Å². The molecule has 0 saturated carbocycles. The quantitative estimate of drug-likeness (QED) is 0.846.